The molecular formula is C31H27N3O4. The predicted molar refractivity (Wildman–Crippen MR) is 148 cm³/mol. The molecule has 0 unspecified atom stereocenters. The number of aryl methyl sites for hydroxylation is 1. The normalized spacial score (nSPS) is 13.8. The monoisotopic (exact) mass is 505 g/mol. The van der Waals surface area contributed by atoms with Crippen molar-refractivity contribution in [2.24, 2.45) is 0 Å². The average molecular weight is 506 g/mol. The molecular weight excluding hydrogens is 478 g/mol. The maximum absolute atomic E-state index is 13.7. The number of nitrogens with zero attached hydrogens (tertiary/aromatic N) is 3. The second kappa shape index (κ2) is 10.2. The number of aromatic nitrogens is 1. The largest absolute Gasteiger partial charge is 0.494 e. The molecule has 0 N–H and O–H groups in total. The van der Waals surface area contributed by atoms with Crippen LogP contribution in [-0.2, 0) is 9.59 Å². The van der Waals surface area contributed by atoms with Crippen LogP contribution < -0.4 is 14.5 Å². The first-order valence-corrected chi connectivity index (χ1v) is 12.4. The Morgan fingerprint density at radius 2 is 1.24 bits per heavy atom. The van der Waals surface area contributed by atoms with E-state index in [4.69, 9.17) is 4.74 Å². The van der Waals surface area contributed by atoms with Crippen molar-refractivity contribution in [2.45, 2.75) is 20.8 Å². The van der Waals surface area contributed by atoms with Crippen molar-refractivity contribution < 1.29 is 19.1 Å². The zero-order chi connectivity index (χ0) is 26.8. The predicted octanol–water partition coefficient (Wildman–Crippen LogP) is 6.08. The lowest BCUT2D eigenvalue weighted by atomic mass is 10.0. The van der Waals surface area contributed by atoms with Crippen molar-refractivity contribution in [3.8, 4) is 11.4 Å². The van der Waals surface area contributed by atoms with E-state index < -0.39 is 17.8 Å². The zero-order valence-corrected chi connectivity index (χ0v) is 21.4. The van der Waals surface area contributed by atoms with Crippen LogP contribution in [0.5, 0.6) is 5.75 Å². The van der Waals surface area contributed by atoms with Gasteiger partial charge < -0.3 is 9.30 Å². The third-order valence-electron chi connectivity index (χ3n) is 6.45. The van der Waals surface area contributed by atoms with Gasteiger partial charge in [-0.15, -0.1) is 0 Å². The molecule has 5 rings (SSSR count). The lowest BCUT2D eigenvalue weighted by Gasteiger charge is -2.33. The second-order valence-corrected chi connectivity index (χ2v) is 8.88. The minimum atomic E-state index is -0.714. The lowest BCUT2D eigenvalue weighted by Crippen LogP contribution is -2.57. The lowest BCUT2D eigenvalue weighted by molar-refractivity contribution is -0.121. The number of imide groups is 2. The zero-order valence-electron chi connectivity index (χ0n) is 21.4. The minimum Gasteiger partial charge on any atom is -0.494 e. The average Bonchev–Trinajstić information content (AvgIpc) is 3.21. The van der Waals surface area contributed by atoms with E-state index in [-0.39, 0.29) is 5.57 Å². The van der Waals surface area contributed by atoms with E-state index in [0.29, 0.717) is 23.5 Å². The van der Waals surface area contributed by atoms with Gasteiger partial charge in [-0.25, -0.2) is 14.6 Å². The van der Waals surface area contributed by atoms with E-state index in [9.17, 15) is 14.4 Å². The molecule has 7 heteroatoms. The number of amides is 4. The van der Waals surface area contributed by atoms with Crippen LogP contribution in [0.1, 0.15) is 23.9 Å². The molecule has 1 aliphatic rings. The standard InChI is InChI=1S/C31H27N3O4/c1-4-38-27-17-15-26(16-18-27)32-21(2)19-23(22(32)3)20-28-29(35)33(24-11-7-5-8-12-24)31(37)34(30(28)36)25-13-9-6-10-14-25/h5-20H,4H2,1-3H3. The quantitative estimate of drug-likeness (QED) is 0.235. The number of urea groups is 1. The number of hydrogen-bond donors (Lipinski definition) is 0. The van der Waals surface area contributed by atoms with Gasteiger partial charge in [-0.1, -0.05) is 36.4 Å². The molecule has 3 aromatic carbocycles. The van der Waals surface area contributed by atoms with E-state index >= 15 is 0 Å². The van der Waals surface area contributed by atoms with Crippen LogP contribution in [-0.4, -0.2) is 29.0 Å². The highest BCUT2D eigenvalue weighted by atomic mass is 16.5. The van der Waals surface area contributed by atoms with Crippen LogP contribution in [0.4, 0.5) is 16.2 Å². The Kier molecular flexibility index (Phi) is 6.66. The molecule has 4 amide bonds. The number of para-hydroxylation sites is 2. The smallest absolute Gasteiger partial charge is 0.343 e. The van der Waals surface area contributed by atoms with Crippen molar-refractivity contribution in [2.75, 3.05) is 16.4 Å². The summed E-state index contributed by atoms with van der Waals surface area (Å²) in [6, 6.07) is 26.2. The first-order valence-electron chi connectivity index (χ1n) is 12.4. The van der Waals surface area contributed by atoms with Gasteiger partial charge in [0, 0.05) is 17.1 Å². The Morgan fingerprint density at radius 3 is 1.74 bits per heavy atom. The summed E-state index contributed by atoms with van der Waals surface area (Å²) in [4.78, 5) is 42.9. The molecule has 2 heterocycles. The van der Waals surface area contributed by atoms with Gasteiger partial charge >= 0.3 is 6.03 Å². The third-order valence-corrected chi connectivity index (χ3v) is 6.45. The number of carbonyl (C=O) groups is 3. The highest BCUT2D eigenvalue weighted by molar-refractivity contribution is 6.46. The van der Waals surface area contributed by atoms with Gasteiger partial charge in [0.05, 0.1) is 18.0 Å². The highest BCUT2D eigenvalue weighted by Crippen LogP contribution is 2.31. The van der Waals surface area contributed by atoms with Crippen molar-refractivity contribution in [1.82, 2.24) is 4.57 Å². The van der Waals surface area contributed by atoms with Crippen molar-refractivity contribution >= 4 is 35.3 Å². The number of hydrogen-bond acceptors (Lipinski definition) is 4. The molecule has 0 radical (unpaired) electrons. The van der Waals surface area contributed by atoms with Crippen LogP contribution in [0.3, 0.4) is 0 Å². The highest BCUT2D eigenvalue weighted by Gasteiger charge is 2.43. The molecule has 0 saturated carbocycles. The number of rotatable bonds is 6. The summed E-state index contributed by atoms with van der Waals surface area (Å²) in [5.74, 6) is -0.542. The summed E-state index contributed by atoms with van der Waals surface area (Å²) in [6.07, 6.45) is 1.58. The van der Waals surface area contributed by atoms with Gasteiger partial charge in [0.25, 0.3) is 11.8 Å². The van der Waals surface area contributed by atoms with Crippen LogP contribution in [0, 0.1) is 13.8 Å². The van der Waals surface area contributed by atoms with Crippen LogP contribution in [0.2, 0.25) is 0 Å². The SMILES string of the molecule is CCOc1ccc(-n2c(C)cc(C=C3C(=O)N(c4ccccc4)C(=O)N(c4ccccc4)C3=O)c2C)cc1. The second-order valence-electron chi connectivity index (χ2n) is 8.88. The van der Waals surface area contributed by atoms with Crippen molar-refractivity contribution in [3.05, 3.63) is 114 Å². The Labute approximate surface area is 221 Å². The molecule has 0 aliphatic carbocycles. The maximum atomic E-state index is 13.7. The molecule has 1 aromatic heterocycles. The Morgan fingerprint density at radius 1 is 0.711 bits per heavy atom. The number of benzene rings is 3. The summed E-state index contributed by atoms with van der Waals surface area (Å²) < 4.78 is 7.61. The Bertz CT molecular complexity index is 1470. The third kappa shape index (κ3) is 4.39. The Balaban J connectivity index is 1.61. The van der Waals surface area contributed by atoms with E-state index in [1.54, 1.807) is 66.7 Å². The van der Waals surface area contributed by atoms with E-state index in [1.807, 2.05) is 51.1 Å². The molecule has 1 saturated heterocycles. The number of ether oxygens (including phenoxy) is 1. The first kappa shape index (κ1) is 24.8. The van der Waals surface area contributed by atoms with Gasteiger partial charge in [-0.3, -0.25) is 9.59 Å². The number of carbonyl (C=O) groups excluding carboxylic acids is 3. The van der Waals surface area contributed by atoms with E-state index in [0.717, 1.165) is 32.6 Å². The Hall–Kier alpha value is -4.91. The van der Waals surface area contributed by atoms with Crippen LogP contribution in [0.25, 0.3) is 11.8 Å². The van der Waals surface area contributed by atoms with E-state index in [2.05, 4.69) is 4.57 Å². The van der Waals surface area contributed by atoms with Gasteiger partial charge in [-0.2, -0.15) is 0 Å². The van der Waals surface area contributed by atoms with E-state index in [1.165, 1.54) is 0 Å². The number of barbiturate groups is 1. The fourth-order valence-corrected chi connectivity index (χ4v) is 4.68. The molecule has 1 fully saturated rings. The maximum Gasteiger partial charge on any atom is 0.343 e. The fourth-order valence-electron chi connectivity index (χ4n) is 4.68. The molecule has 0 atom stereocenters. The van der Waals surface area contributed by atoms with Crippen LogP contribution in [0.15, 0.2) is 96.6 Å². The molecule has 190 valence electrons. The van der Waals surface area contributed by atoms with Crippen LogP contribution >= 0.6 is 0 Å². The molecule has 7 nitrogen and oxygen atoms in total. The molecule has 1 aliphatic heterocycles. The van der Waals surface area contributed by atoms with Gasteiger partial charge in [0.2, 0.25) is 0 Å². The summed E-state index contributed by atoms with van der Waals surface area (Å²) in [6.45, 7) is 6.42. The minimum absolute atomic E-state index is 0.0933. The summed E-state index contributed by atoms with van der Waals surface area (Å²) in [7, 11) is 0. The molecule has 4 aromatic rings. The first-order chi connectivity index (χ1) is 18.4. The number of anilines is 2. The van der Waals surface area contributed by atoms with Gasteiger partial charge in [0.15, 0.2) is 0 Å². The molecule has 38 heavy (non-hydrogen) atoms. The van der Waals surface area contributed by atoms with Gasteiger partial charge in [-0.05, 0) is 87.0 Å². The summed E-state index contributed by atoms with van der Waals surface area (Å²) >= 11 is 0. The summed E-state index contributed by atoms with van der Waals surface area (Å²) in [5, 5.41) is 0. The van der Waals surface area contributed by atoms with Gasteiger partial charge in [0.1, 0.15) is 11.3 Å². The topological polar surface area (TPSA) is 71.8 Å². The van der Waals surface area contributed by atoms with Crippen molar-refractivity contribution in [1.29, 1.82) is 0 Å². The van der Waals surface area contributed by atoms with Crippen molar-refractivity contribution in [3.63, 3.8) is 0 Å². The molecule has 0 spiro atoms. The fraction of sp³-hybridized carbons (Fsp3) is 0.129. The molecule has 0 bridgehead atoms. The summed E-state index contributed by atoms with van der Waals surface area (Å²) in [5.41, 5.74) is 4.12.